The van der Waals surface area contributed by atoms with Crippen LogP contribution in [0.15, 0.2) is 55.5 Å². The van der Waals surface area contributed by atoms with Gasteiger partial charge in [-0.05, 0) is 30.3 Å². The molecule has 12 heteroatoms. The van der Waals surface area contributed by atoms with Gasteiger partial charge >= 0.3 is 17.6 Å². The standard InChI is InChI=1S/C18H16N2O9S/c1-30(27,28)11-4-5-13-12(7-11)16(23)20(14(17(24)25)8-15(21)22)18(26)19(13)9-10-3-2-6-29-10/h2-7,14H,8-9H2,1H3,(H,21,22)(H,24,25). The summed E-state index contributed by atoms with van der Waals surface area (Å²) in [6.07, 6.45) is 1.25. The largest absolute Gasteiger partial charge is 0.481 e. The van der Waals surface area contributed by atoms with E-state index in [9.17, 15) is 32.7 Å². The molecule has 2 aromatic heterocycles. The molecule has 0 saturated heterocycles. The number of hydrogen-bond acceptors (Lipinski definition) is 7. The molecule has 30 heavy (non-hydrogen) atoms. The Kier molecular flexibility index (Phi) is 5.35. The van der Waals surface area contributed by atoms with Crippen LogP contribution in [-0.4, -0.2) is 46.0 Å². The van der Waals surface area contributed by atoms with Gasteiger partial charge in [0.2, 0.25) is 0 Å². The van der Waals surface area contributed by atoms with Crippen LogP contribution in [0.3, 0.4) is 0 Å². The van der Waals surface area contributed by atoms with E-state index in [-0.39, 0.29) is 22.3 Å². The van der Waals surface area contributed by atoms with E-state index < -0.39 is 45.5 Å². The van der Waals surface area contributed by atoms with Gasteiger partial charge in [-0.2, -0.15) is 0 Å². The number of nitrogens with zero attached hydrogens (tertiary/aromatic N) is 2. The summed E-state index contributed by atoms with van der Waals surface area (Å²) in [6, 6.07) is 4.62. The van der Waals surface area contributed by atoms with Gasteiger partial charge < -0.3 is 14.6 Å². The number of rotatable bonds is 7. The maximum absolute atomic E-state index is 13.0. The highest BCUT2D eigenvalue weighted by Crippen LogP contribution is 2.18. The number of aromatic nitrogens is 2. The van der Waals surface area contributed by atoms with E-state index in [0.717, 1.165) is 16.9 Å². The summed E-state index contributed by atoms with van der Waals surface area (Å²) in [5.74, 6) is -2.92. The van der Waals surface area contributed by atoms with Crippen LogP contribution >= 0.6 is 0 Å². The molecule has 158 valence electrons. The normalized spacial score (nSPS) is 12.7. The highest BCUT2D eigenvalue weighted by atomic mass is 32.2. The Morgan fingerprint density at radius 2 is 1.87 bits per heavy atom. The van der Waals surface area contributed by atoms with E-state index in [0.29, 0.717) is 10.3 Å². The fraction of sp³-hybridized carbons (Fsp3) is 0.222. The molecule has 1 aromatic carbocycles. The molecule has 3 rings (SSSR count). The molecule has 1 atom stereocenters. The lowest BCUT2D eigenvalue weighted by atomic mass is 10.2. The van der Waals surface area contributed by atoms with Crippen LogP contribution in [0.4, 0.5) is 0 Å². The number of sulfone groups is 1. The molecule has 0 aliphatic carbocycles. The first-order chi connectivity index (χ1) is 14.0. The minimum Gasteiger partial charge on any atom is -0.481 e. The molecule has 0 fully saturated rings. The summed E-state index contributed by atoms with van der Waals surface area (Å²) in [5, 5.41) is 18.2. The minimum absolute atomic E-state index is 0.0458. The number of carbonyl (C=O) groups is 2. The van der Waals surface area contributed by atoms with Gasteiger partial charge in [0.25, 0.3) is 5.56 Å². The molecular formula is C18H16N2O9S. The monoisotopic (exact) mass is 436 g/mol. The molecule has 0 saturated carbocycles. The van der Waals surface area contributed by atoms with Crippen molar-refractivity contribution < 1.29 is 32.6 Å². The van der Waals surface area contributed by atoms with Crippen molar-refractivity contribution in [1.82, 2.24) is 9.13 Å². The van der Waals surface area contributed by atoms with Gasteiger partial charge in [0.1, 0.15) is 11.8 Å². The maximum Gasteiger partial charge on any atom is 0.332 e. The molecule has 1 unspecified atom stereocenters. The number of carboxylic acid groups (broad SMARTS) is 2. The zero-order valence-electron chi connectivity index (χ0n) is 15.5. The lowest BCUT2D eigenvalue weighted by Crippen LogP contribution is -2.45. The quantitative estimate of drug-likeness (QED) is 0.530. The van der Waals surface area contributed by atoms with Crippen LogP contribution in [0.1, 0.15) is 18.2 Å². The SMILES string of the molecule is CS(=O)(=O)c1ccc2c(c1)c(=O)n(C(CC(=O)O)C(=O)O)c(=O)n2Cc1ccco1. The van der Waals surface area contributed by atoms with Crippen LogP contribution in [-0.2, 0) is 26.0 Å². The van der Waals surface area contributed by atoms with E-state index >= 15 is 0 Å². The third-order valence-electron chi connectivity index (χ3n) is 4.43. The van der Waals surface area contributed by atoms with Crippen molar-refractivity contribution in [3.63, 3.8) is 0 Å². The molecule has 0 aliphatic heterocycles. The van der Waals surface area contributed by atoms with Gasteiger partial charge in [0, 0.05) is 6.26 Å². The van der Waals surface area contributed by atoms with Crippen molar-refractivity contribution in [1.29, 1.82) is 0 Å². The summed E-state index contributed by atoms with van der Waals surface area (Å²) in [6.45, 7) is -0.194. The van der Waals surface area contributed by atoms with E-state index in [2.05, 4.69) is 0 Å². The topological polar surface area (TPSA) is 166 Å². The molecule has 11 nitrogen and oxygen atoms in total. The zero-order valence-corrected chi connectivity index (χ0v) is 16.3. The van der Waals surface area contributed by atoms with Gasteiger partial charge in [-0.1, -0.05) is 0 Å². The van der Waals surface area contributed by atoms with Gasteiger partial charge in [0.05, 0.1) is 35.0 Å². The first-order valence-corrected chi connectivity index (χ1v) is 10.4. The molecule has 3 aromatic rings. The van der Waals surface area contributed by atoms with Crippen LogP contribution in [0.25, 0.3) is 10.9 Å². The Bertz CT molecular complexity index is 1370. The van der Waals surface area contributed by atoms with E-state index in [1.54, 1.807) is 12.1 Å². The van der Waals surface area contributed by atoms with Gasteiger partial charge in [0.15, 0.2) is 9.84 Å². The summed E-state index contributed by atoms with van der Waals surface area (Å²) >= 11 is 0. The Hall–Kier alpha value is -3.67. The molecule has 2 heterocycles. The van der Waals surface area contributed by atoms with Crippen LogP contribution < -0.4 is 11.2 Å². The number of fused-ring (bicyclic) bond motifs is 1. The Balaban J connectivity index is 2.43. The average molecular weight is 436 g/mol. The Morgan fingerprint density at radius 1 is 1.17 bits per heavy atom. The zero-order chi connectivity index (χ0) is 22.2. The van der Waals surface area contributed by atoms with Gasteiger partial charge in [-0.25, -0.2) is 22.6 Å². The smallest absolute Gasteiger partial charge is 0.332 e. The summed E-state index contributed by atoms with van der Waals surface area (Å²) in [4.78, 5) is 48.6. The van der Waals surface area contributed by atoms with E-state index in [1.165, 1.54) is 18.4 Å². The first-order valence-electron chi connectivity index (χ1n) is 8.47. The van der Waals surface area contributed by atoms with Crippen molar-refractivity contribution in [3.05, 3.63) is 63.2 Å². The molecule has 0 radical (unpaired) electrons. The van der Waals surface area contributed by atoms with Crippen LogP contribution in [0.5, 0.6) is 0 Å². The van der Waals surface area contributed by atoms with E-state index in [1.807, 2.05) is 0 Å². The summed E-state index contributed by atoms with van der Waals surface area (Å²) in [7, 11) is -3.72. The van der Waals surface area contributed by atoms with Crippen molar-refractivity contribution in [2.45, 2.75) is 23.9 Å². The van der Waals surface area contributed by atoms with Gasteiger partial charge in [-0.15, -0.1) is 0 Å². The molecule has 0 aliphatic rings. The second-order valence-electron chi connectivity index (χ2n) is 6.53. The highest BCUT2D eigenvalue weighted by Gasteiger charge is 2.29. The number of furan rings is 1. The van der Waals surface area contributed by atoms with Crippen molar-refractivity contribution in [2.75, 3.05) is 6.26 Å². The minimum atomic E-state index is -3.72. The maximum atomic E-state index is 13.0. The van der Waals surface area contributed by atoms with E-state index in [4.69, 9.17) is 9.52 Å². The third kappa shape index (κ3) is 3.89. The summed E-state index contributed by atoms with van der Waals surface area (Å²) in [5.41, 5.74) is -2.13. The molecule has 2 N–H and O–H groups in total. The van der Waals surface area contributed by atoms with Crippen molar-refractivity contribution in [3.8, 4) is 0 Å². The van der Waals surface area contributed by atoms with Crippen LogP contribution in [0.2, 0.25) is 0 Å². The van der Waals surface area contributed by atoms with Gasteiger partial charge in [-0.3, -0.25) is 14.2 Å². The second kappa shape index (κ2) is 7.63. The number of hydrogen-bond donors (Lipinski definition) is 2. The predicted octanol–water partition coefficient (Wildman–Crippen LogP) is 0.308. The Labute approximate surface area is 168 Å². The number of carboxylic acids is 2. The van der Waals surface area contributed by atoms with Crippen molar-refractivity contribution >= 4 is 32.7 Å². The fourth-order valence-corrected chi connectivity index (χ4v) is 3.69. The molecule has 0 spiro atoms. The lowest BCUT2D eigenvalue weighted by Gasteiger charge is -2.17. The number of benzene rings is 1. The summed E-state index contributed by atoms with van der Waals surface area (Å²) < 4.78 is 30.4. The highest BCUT2D eigenvalue weighted by molar-refractivity contribution is 7.90. The fourth-order valence-electron chi connectivity index (χ4n) is 3.04. The molecular weight excluding hydrogens is 420 g/mol. The molecule has 0 bridgehead atoms. The Morgan fingerprint density at radius 3 is 2.40 bits per heavy atom. The average Bonchev–Trinajstić information content (AvgIpc) is 3.16. The number of aliphatic carboxylic acids is 2. The first kappa shape index (κ1) is 21.0. The second-order valence-corrected chi connectivity index (χ2v) is 8.54. The van der Waals surface area contributed by atoms with Crippen molar-refractivity contribution in [2.24, 2.45) is 0 Å². The lowest BCUT2D eigenvalue weighted by molar-refractivity contribution is -0.147. The van der Waals surface area contributed by atoms with Crippen LogP contribution in [0, 0.1) is 0 Å². The molecule has 0 amide bonds. The third-order valence-corrected chi connectivity index (χ3v) is 5.54. The predicted molar refractivity (Wildman–Crippen MR) is 102 cm³/mol.